The molecule has 8 heteroatoms. The monoisotopic (exact) mass is 364 g/mol. The summed E-state index contributed by atoms with van der Waals surface area (Å²) in [6.45, 7) is 7.70. The van der Waals surface area contributed by atoms with Gasteiger partial charge >= 0.3 is 0 Å². The van der Waals surface area contributed by atoms with Crippen molar-refractivity contribution in [2.45, 2.75) is 32.4 Å². The van der Waals surface area contributed by atoms with Crippen molar-refractivity contribution in [1.82, 2.24) is 19.6 Å². The summed E-state index contributed by atoms with van der Waals surface area (Å²) in [5.41, 5.74) is 1.16. The lowest BCUT2D eigenvalue weighted by molar-refractivity contribution is 0.0878. The first-order valence-electron chi connectivity index (χ1n) is 7.87. The molecule has 2 heterocycles. The van der Waals surface area contributed by atoms with Gasteiger partial charge in [0.1, 0.15) is 12.2 Å². The number of ether oxygens (including phenoxy) is 1. The molecule has 1 aromatic carbocycles. The minimum Gasteiger partial charge on any atom is -0.361 e. The molecule has 0 aliphatic rings. The maximum Gasteiger partial charge on any atom is 0.262 e. The number of aromatic nitrogens is 4. The summed E-state index contributed by atoms with van der Waals surface area (Å²) in [5.74, 6) is 0. The molecule has 3 rings (SSSR count). The number of hydrogen-bond donors (Lipinski definition) is 0. The van der Waals surface area contributed by atoms with E-state index in [0.29, 0.717) is 22.7 Å². The van der Waals surface area contributed by atoms with Crippen molar-refractivity contribution in [3.63, 3.8) is 0 Å². The van der Waals surface area contributed by atoms with Crippen LogP contribution in [0.25, 0.3) is 21.9 Å². The van der Waals surface area contributed by atoms with E-state index in [2.05, 4.69) is 30.0 Å². The van der Waals surface area contributed by atoms with Crippen molar-refractivity contribution >= 4 is 41.6 Å². The molecule has 0 bridgehead atoms. The molecule has 0 fully saturated rings. The minimum absolute atomic E-state index is 0.136. The van der Waals surface area contributed by atoms with Crippen molar-refractivity contribution in [1.29, 1.82) is 0 Å². The fourth-order valence-electron chi connectivity index (χ4n) is 2.62. The van der Waals surface area contributed by atoms with Gasteiger partial charge in [-0.1, -0.05) is 36.5 Å². The molecule has 0 saturated carbocycles. The molecule has 0 unspecified atom stereocenters. The van der Waals surface area contributed by atoms with Gasteiger partial charge in [-0.15, -0.1) is 5.10 Å². The number of hydrogen-bond acceptors (Lipinski definition) is 4. The fraction of sp³-hybridized carbons (Fsp3) is 0.438. The smallest absolute Gasteiger partial charge is 0.262 e. The Hall–Kier alpha value is -1.70. The molecule has 128 valence electrons. The number of halogens is 1. The van der Waals surface area contributed by atoms with Gasteiger partial charge in [0.25, 0.3) is 5.56 Å². The van der Waals surface area contributed by atoms with Crippen LogP contribution in [0, 0.1) is 0 Å². The zero-order chi connectivity index (χ0) is 17.5. The van der Waals surface area contributed by atoms with Crippen molar-refractivity contribution < 1.29 is 4.74 Å². The summed E-state index contributed by atoms with van der Waals surface area (Å²) in [7, 11) is 0.634. The van der Waals surface area contributed by atoms with Crippen LogP contribution in [0.1, 0.15) is 0 Å². The minimum atomic E-state index is -1.17. The average molecular weight is 365 g/mol. The van der Waals surface area contributed by atoms with E-state index in [1.54, 1.807) is 34.5 Å². The van der Waals surface area contributed by atoms with Crippen molar-refractivity contribution in [2.75, 3.05) is 6.61 Å². The van der Waals surface area contributed by atoms with Crippen molar-refractivity contribution in [2.24, 2.45) is 7.05 Å². The summed E-state index contributed by atoms with van der Waals surface area (Å²) < 4.78 is 8.96. The van der Waals surface area contributed by atoms with E-state index in [-0.39, 0.29) is 12.3 Å². The Morgan fingerprint density at radius 1 is 1.25 bits per heavy atom. The normalized spacial score (nSPS) is 12.4. The number of rotatable bonds is 5. The second-order valence-electron chi connectivity index (χ2n) is 7.16. The van der Waals surface area contributed by atoms with Crippen LogP contribution >= 0.6 is 11.6 Å². The highest BCUT2D eigenvalue weighted by atomic mass is 35.5. The SMILES string of the molecule is Cn1nnc2c1c1cc(Cl)ccc1c(=O)n2COCC[Si](C)(C)C. The highest BCUT2D eigenvalue weighted by Crippen LogP contribution is 2.24. The zero-order valence-electron chi connectivity index (χ0n) is 14.3. The van der Waals surface area contributed by atoms with E-state index in [1.807, 2.05) is 0 Å². The molecule has 24 heavy (non-hydrogen) atoms. The van der Waals surface area contributed by atoms with E-state index in [4.69, 9.17) is 16.3 Å². The van der Waals surface area contributed by atoms with E-state index in [0.717, 1.165) is 16.9 Å². The van der Waals surface area contributed by atoms with E-state index in [9.17, 15) is 4.79 Å². The van der Waals surface area contributed by atoms with Crippen LogP contribution in [0.5, 0.6) is 0 Å². The highest BCUT2D eigenvalue weighted by molar-refractivity contribution is 6.76. The summed E-state index contributed by atoms with van der Waals surface area (Å²) in [6, 6.07) is 6.29. The first kappa shape index (κ1) is 17.1. The Morgan fingerprint density at radius 2 is 2.00 bits per heavy atom. The molecular weight excluding hydrogens is 344 g/mol. The average Bonchev–Trinajstić information content (AvgIpc) is 2.87. The van der Waals surface area contributed by atoms with Crippen LogP contribution in [-0.2, 0) is 18.5 Å². The maximum absolute atomic E-state index is 12.8. The van der Waals surface area contributed by atoms with Gasteiger partial charge in [0.05, 0.1) is 0 Å². The Kier molecular flexibility index (Phi) is 4.50. The lowest BCUT2D eigenvalue weighted by atomic mass is 10.1. The van der Waals surface area contributed by atoms with E-state index >= 15 is 0 Å². The molecule has 0 spiro atoms. The molecular formula is C16H21ClN4O2Si. The molecule has 0 amide bonds. The van der Waals surface area contributed by atoms with Crippen LogP contribution in [0.4, 0.5) is 0 Å². The zero-order valence-corrected chi connectivity index (χ0v) is 16.1. The molecule has 0 aliphatic carbocycles. The van der Waals surface area contributed by atoms with Crippen LogP contribution in [0.3, 0.4) is 0 Å². The molecule has 3 aromatic rings. The van der Waals surface area contributed by atoms with Gasteiger partial charge < -0.3 is 4.74 Å². The maximum atomic E-state index is 12.8. The predicted molar refractivity (Wildman–Crippen MR) is 99.4 cm³/mol. The predicted octanol–water partition coefficient (Wildman–Crippen LogP) is 3.25. The summed E-state index contributed by atoms with van der Waals surface area (Å²) in [5, 5.41) is 10.1. The molecule has 0 saturated heterocycles. The second kappa shape index (κ2) is 6.31. The van der Waals surface area contributed by atoms with Gasteiger partial charge in [0.15, 0.2) is 5.65 Å². The molecule has 0 N–H and O–H groups in total. The molecule has 6 nitrogen and oxygen atoms in total. The first-order valence-corrected chi connectivity index (χ1v) is 12.0. The number of pyridine rings is 1. The highest BCUT2D eigenvalue weighted by Gasteiger charge is 2.17. The van der Waals surface area contributed by atoms with E-state index in [1.165, 1.54) is 0 Å². The van der Waals surface area contributed by atoms with Crippen molar-refractivity contribution in [3.05, 3.63) is 33.6 Å². The number of aryl methyl sites for hydroxylation is 1. The van der Waals surface area contributed by atoms with Gasteiger partial charge in [-0.2, -0.15) is 0 Å². The van der Waals surface area contributed by atoms with Crippen molar-refractivity contribution in [3.8, 4) is 0 Å². The summed E-state index contributed by atoms with van der Waals surface area (Å²) in [4.78, 5) is 12.8. The largest absolute Gasteiger partial charge is 0.361 e. The first-order chi connectivity index (χ1) is 11.3. The Morgan fingerprint density at radius 3 is 2.71 bits per heavy atom. The van der Waals surface area contributed by atoms with Crippen LogP contribution in [0.15, 0.2) is 23.0 Å². The number of nitrogens with zero attached hydrogens (tertiary/aromatic N) is 4. The van der Waals surface area contributed by atoms with Gasteiger partial charge in [0.2, 0.25) is 0 Å². The third-order valence-corrected chi connectivity index (χ3v) is 5.93. The lowest BCUT2D eigenvalue weighted by Gasteiger charge is -2.16. The Bertz CT molecular complexity index is 958. The van der Waals surface area contributed by atoms with Crippen LogP contribution in [0.2, 0.25) is 30.7 Å². The number of benzene rings is 1. The number of fused-ring (bicyclic) bond motifs is 3. The van der Waals surface area contributed by atoms with Gasteiger partial charge in [-0.05, 0) is 24.2 Å². The van der Waals surface area contributed by atoms with Crippen LogP contribution < -0.4 is 5.56 Å². The third kappa shape index (κ3) is 3.24. The molecule has 2 aromatic heterocycles. The standard InChI is InChI=1S/C16H21ClN4O2Si/c1-20-14-13-9-11(17)5-6-12(13)16(22)21(15(14)18-19-20)10-23-7-8-24(2,3)4/h5-6,9H,7-8,10H2,1-4H3. The Balaban J connectivity index is 2.05. The second-order valence-corrected chi connectivity index (χ2v) is 13.2. The van der Waals surface area contributed by atoms with Crippen LogP contribution in [-0.4, -0.2) is 34.2 Å². The summed E-state index contributed by atoms with van der Waals surface area (Å²) >= 11 is 6.10. The van der Waals surface area contributed by atoms with Gasteiger partial charge in [0, 0.05) is 37.5 Å². The lowest BCUT2D eigenvalue weighted by Crippen LogP contribution is -2.25. The Labute approximate surface area is 146 Å². The van der Waals surface area contributed by atoms with Gasteiger partial charge in [-0.25, -0.2) is 4.68 Å². The summed E-state index contributed by atoms with van der Waals surface area (Å²) in [6.07, 6.45) is 0. The fourth-order valence-corrected chi connectivity index (χ4v) is 3.55. The topological polar surface area (TPSA) is 61.9 Å². The quantitative estimate of drug-likeness (QED) is 0.515. The third-order valence-electron chi connectivity index (χ3n) is 3.99. The molecule has 0 aliphatic heterocycles. The molecule has 0 radical (unpaired) electrons. The molecule has 0 atom stereocenters. The van der Waals surface area contributed by atoms with Gasteiger partial charge in [-0.3, -0.25) is 9.36 Å². The van der Waals surface area contributed by atoms with E-state index < -0.39 is 8.07 Å².